The van der Waals surface area contributed by atoms with E-state index in [1.165, 1.54) is 7.11 Å². The Morgan fingerprint density at radius 3 is 2.62 bits per heavy atom. The fourth-order valence-electron chi connectivity index (χ4n) is 2.88. The van der Waals surface area contributed by atoms with Crippen LogP contribution in [0, 0.1) is 0 Å². The number of methoxy groups -OCH3 is 1. The number of carbonyl (C=O) groups excluding carboxylic acids is 2. The monoisotopic (exact) mass is 346 g/mol. The number of hydrogen-bond donors (Lipinski definition) is 0. The molecule has 0 fully saturated rings. The second kappa shape index (κ2) is 7.66. The molecular formula is C22H18O4. The molecule has 0 radical (unpaired) electrons. The number of allylic oxidation sites excluding steroid dienone is 1. The van der Waals surface area contributed by atoms with Gasteiger partial charge in [0.05, 0.1) is 12.7 Å². The van der Waals surface area contributed by atoms with Crippen LogP contribution in [0.2, 0.25) is 0 Å². The van der Waals surface area contributed by atoms with Crippen molar-refractivity contribution in [3.8, 4) is 11.5 Å². The standard InChI is InChI=1S/C22H18O4/c1-3-7-17-12-15(14-23)13-20(25-2)21(17)26-22(24)19-11-6-9-16-8-4-5-10-18(16)19/h3-6,8-14H,1,7H2,2H3. The van der Waals surface area contributed by atoms with E-state index in [0.717, 1.165) is 17.1 Å². The van der Waals surface area contributed by atoms with Crippen LogP contribution in [-0.2, 0) is 6.42 Å². The number of benzene rings is 3. The molecule has 3 aromatic carbocycles. The van der Waals surface area contributed by atoms with E-state index in [1.54, 1.807) is 24.3 Å². The minimum absolute atomic E-state index is 0.302. The molecule has 0 aliphatic heterocycles. The molecule has 130 valence electrons. The van der Waals surface area contributed by atoms with E-state index in [2.05, 4.69) is 6.58 Å². The molecule has 0 N–H and O–H groups in total. The van der Waals surface area contributed by atoms with E-state index >= 15 is 0 Å². The minimum Gasteiger partial charge on any atom is -0.493 e. The summed E-state index contributed by atoms with van der Waals surface area (Å²) in [4.78, 5) is 24.0. The van der Waals surface area contributed by atoms with Crippen LogP contribution in [0.3, 0.4) is 0 Å². The third kappa shape index (κ3) is 3.35. The van der Waals surface area contributed by atoms with Gasteiger partial charge in [-0.2, -0.15) is 0 Å². The van der Waals surface area contributed by atoms with Crippen molar-refractivity contribution in [2.24, 2.45) is 0 Å². The molecule has 0 aliphatic carbocycles. The van der Waals surface area contributed by atoms with Gasteiger partial charge in [-0.25, -0.2) is 4.79 Å². The summed E-state index contributed by atoms with van der Waals surface area (Å²) in [6.45, 7) is 3.72. The summed E-state index contributed by atoms with van der Waals surface area (Å²) in [6.07, 6.45) is 2.85. The fraction of sp³-hybridized carbons (Fsp3) is 0.0909. The lowest BCUT2D eigenvalue weighted by atomic mass is 10.0. The van der Waals surface area contributed by atoms with Gasteiger partial charge in [0, 0.05) is 11.1 Å². The van der Waals surface area contributed by atoms with Gasteiger partial charge in [0.1, 0.15) is 6.29 Å². The van der Waals surface area contributed by atoms with Gasteiger partial charge in [-0.15, -0.1) is 6.58 Å². The average Bonchev–Trinajstić information content (AvgIpc) is 2.68. The minimum atomic E-state index is -0.482. The number of carbonyl (C=O) groups is 2. The first kappa shape index (κ1) is 17.4. The van der Waals surface area contributed by atoms with Gasteiger partial charge in [-0.1, -0.05) is 42.5 Å². The largest absolute Gasteiger partial charge is 0.493 e. The van der Waals surface area contributed by atoms with Crippen LogP contribution in [0.15, 0.2) is 67.3 Å². The molecule has 4 nitrogen and oxygen atoms in total. The summed E-state index contributed by atoms with van der Waals surface area (Å²) in [5.74, 6) is 0.153. The van der Waals surface area contributed by atoms with Gasteiger partial charge in [-0.3, -0.25) is 4.79 Å². The maximum Gasteiger partial charge on any atom is 0.344 e. The Labute approximate surface area is 151 Å². The van der Waals surface area contributed by atoms with Gasteiger partial charge in [0.15, 0.2) is 11.5 Å². The van der Waals surface area contributed by atoms with E-state index in [0.29, 0.717) is 34.6 Å². The second-order valence-electron chi connectivity index (χ2n) is 5.74. The van der Waals surface area contributed by atoms with Crippen LogP contribution in [0.4, 0.5) is 0 Å². The Morgan fingerprint density at radius 1 is 1.12 bits per heavy atom. The summed E-state index contributed by atoms with van der Waals surface area (Å²) >= 11 is 0. The first-order chi connectivity index (χ1) is 12.7. The van der Waals surface area contributed by atoms with E-state index in [4.69, 9.17) is 9.47 Å². The Hall–Kier alpha value is -3.40. The zero-order chi connectivity index (χ0) is 18.5. The van der Waals surface area contributed by atoms with Gasteiger partial charge in [0.25, 0.3) is 0 Å². The van der Waals surface area contributed by atoms with Gasteiger partial charge < -0.3 is 9.47 Å². The Morgan fingerprint density at radius 2 is 1.88 bits per heavy atom. The van der Waals surface area contributed by atoms with E-state index < -0.39 is 5.97 Å². The van der Waals surface area contributed by atoms with Crippen LogP contribution in [-0.4, -0.2) is 19.4 Å². The fourth-order valence-corrected chi connectivity index (χ4v) is 2.88. The Kier molecular flexibility index (Phi) is 5.13. The van der Waals surface area contributed by atoms with Crippen molar-refractivity contribution in [3.63, 3.8) is 0 Å². The van der Waals surface area contributed by atoms with E-state index in [1.807, 2.05) is 36.4 Å². The number of rotatable bonds is 6. The molecule has 0 aromatic heterocycles. The number of aldehydes is 1. The predicted octanol–water partition coefficient (Wildman–Crippen LogP) is 4.61. The lowest BCUT2D eigenvalue weighted by molar-refractivity contribution is 0.0730. The predicted molar refractivity (Wildman–Crippen MR) is 101 cm³/mol. The third-order valence-corrected chi connectivity index (χ3v) is 4.08. The van der Waals surface area contributed by atoms with Crippen LogP contribution in [0.5, 0.6) is 11.5 Å². The molecule has 0 saturated heterocycles. The zero-order valence-electron chi connectivity index (χ0n) is 14.4. The second-order valence-corrected chi connectivity index (χ2v) is 5.74. The van der Waals surface area contributed by atoms with Crippen molar-refractivity contribution in [1.82, 2.24) is 0 Å². The topological polar surface area (TPSA) is 52.6 Å². The van der Waals surface area contributed by atoms with Gasteiger partial charge in [0.2, 0.25) is 0 Å². The molecule has 0 atom stereocenters. The molecule has 0 unspecified atom stereocenters. The van der Waals surface area contributed by atoms with Crippen LogP contribution < -0.4 is 9.47 Å². The molecular weight excluding hydrogens is 328 g/mol. The van der Waals surface area contributed by atoms with Crippen LogP contribution in [0.1, 0.15) is 26.3 Å². The van der Waals surface area contributed by atoms with Gasteiger partial charge in [-0.05, 0) is 35.4 Å². The Bertz CT molecular complexity index is 983. The van der Waals surface area contributed by atoms with Crippen molar-refractivity contribution >= 4 is 23.0 Å². The third-order valence-electron chi connectivity index (χ3n) is 4.08. The maximum atomic E-state index is 12.8. The molecule has 4 heteroatoms. The highest BCUT2D eigenvalue weighted by Crippen LogP contribution is 2.34. The maximum absolute atomic E-state index is 12.8. The lowest BCUT2D eigenvalue weighted by Gasteiger charge is -2.15. The summed E-state index contributed by atoms with van der Waals surface area (Å²) < 4.78 is 11.0. The van der Waals surface area contributed by atoms with E-state index in [9.17, 15) is 9.59 Å². The smallest absolute Gasteiger partial charge is 0.344 e. The quantitative estimate of drug-likeness (QED) is 0.283. The number of esters is 1. The van der Waals surface area contributed by atoms with Crippen molar-refractivity contribution < 1.29 is 19.1 Å². The zero-order valence-corrected chi connectivity index (χ0v) is 14.4. The number of hydrogen-bond acceptors (Lipinski definition) is 4. The highest BCUT2D eigenvalue weighted by Gasteiger charge is 2.19. The molecule has 3 rings (SSSR count). The first-order valence-electron chi connectivity index (χ1n) is 8.15. The molecule has 3 aromatic rings. The molecule has 0 amide bonds. The SMILES string of the molecule is C=CCc1cc(C=O)cc(OC)c1OC(=O)c1cccc2ccccc12. The highest BCUT2D eigenvalue weighted by atomic mass is 16.6. The summed E-state index contributed by atoms with van der Waals surface area (Å²) in [6, 6.07) is 16.3. The normalized spacial score (nSPS) is 10.3. The van der Waals surface area contributed by atoms with Crippen LogP contribution >= 0.6 is 0 Å². The average molecular weight is 346 g/mol. The molecule has 0 saturated carbocycles. The van der Waals surface area contributed by atoms with Crippen molar-refractivity contribution in [2.45, 2.75) is 6.42 Å². The molecule has 0 spiro atoms. The Balaban J connectivity index is 2.06. The number of ether oxygens (including phenoxy) is 2. The first-order valence-corrected chi connectivity index (χ1v) is 8.15. The highest BCUT2D eigenvalue weighted by molar-refractivity contribution is 6.05. The van der Waals surface area contributed by atoms with Crippen molar-refractivity contribution in [2.75, 3.05) is 7.11 Å². The molecule has 0 bridgehead atoms. The molecule has 0 aliphatic rings. The summed E-state index contributed by atoms with van der Waals surface area (Å²) in [5.41, 5.74) is 1.58. The van der Waals surface area contributed by atoms with Crippen LogP contribution in [0.25, 0.3) is 10.8 Å². The summed E-state index contributed by atoms with van der Waals surface area (Å²) in [7, 11) is 1.47. The van der Waals surface area contributed by atoms with Crippen molar-refractivity contribution in [1.29, 1.82) is 0 Å². The molecule has 26 heavy (non-hydrogen) atoms. The molecule has 0 heterocycles. The van der Waals surface area contributed by atoms with E-state index in [-0.39, 0.29) is 0 Å². The van der Waals surface area contributed by atoms with Crippen molar-refractivity contribution in [3.05, 3.63) is 83.9 Å². The lowest BCUT2D eigenvalue weighted by Crippen LogP contribution is -2.11. The number of fused-ring (bicyclic) bond motifs is 1. The van der Waals surface area contributed by atoms with Gasteiger partial charge >= 0.3 is 5.97 Å². The summed E-state index contributed by atoms with van der Waals surface area (Å²) in [5, 5.41) is 1.77.